The maximum atomic E-state index is 5.77. The first kappa shape index (κ1) is 17.6. The molecule has 0 aliphatic rings. The van der Waals surface area contributed by atoms with E-state index in [4.69, 9.17) is 5.73 Å². The summed E-state index contributed by atoms with van der Waals surface area (Å²) in [5.74, 6) is 0.856. The van der Waals surface area contributed by atoms with Gasteiger partial charge in [0.2, 0.25) is 0 Å². The molecule has 0 aliphatic carbocycles. The summed E-state index contributed by atoms with van der Waals surface area (Å²) < 4.78 is 0. The van der Waals surface area contributed by atoms with Gasteiger partial charge in [0.1, 0.15) is 10.0 Å². The molecule has 7 heteroatoms. The summed E-state index contributed by atoms with van der Waals surface area (Å²) in [5.41, 5.74) is 5.70. The zero-order chi connectivity index (χ0) is 13.1. The quantitative estimate of drug-likeness (QED) is 0.478. The summed E-state index contributed by atoms with van der Waals surface area (Å²) in [7, 11) is 0. The van der Waals surface area contributed by atoms with Crippen molar-refractivity contribution in [3.05, 3.63) is 10.0 Å². The molecule has 1 aromatic heterocycles. The predicted octanol–water partition coefficient (Wildman–Crippen LogP) is 2.48. The smallest absolute Gasteiger partial charge is 0.189 e. The molecule has 1 aromatic rings. The van der Waals surface area contributed by atoms with Crippen LogP contribution in [-0.4, -0.2) is 21.7 Å². The van der Waals surface area contributed by atoms with Crippen LogP contribution in [0.2, 0.25) is 0 Å². The lowest BCUT2D eigenvalue weighted by atomic mass is 10.1. The Kier molecular flexibility index (Phi) is 7.05. The maximum absolute atomic E-state index is 5.77. The van der Waals surface area contributed by atoms with Gasteiger partial charge in [-0.25, -0.2) is 4.99 Å². The third-order valence-corrected chi connectivity index (χ3v) is 3.07. The Morgan fingerprint density at radius 3 is 2.44 bits per heavy atom. The van der Waals surface area contributed by atoms with Gasteiger partial charge in [-0.3, -0.25) is 0 Å². The average Bonchev–Trinajstić information content (AvgIpc) is 2.60. The summed E-state index contributed by atoms with van der Waals surface area (Å²) in [6, 6.07) is 0. The van der Waals surface area contributed by atoms with Gasteiger partial charge in [-0.05, 0) is 20.8 Å². The Balaban J connectivity index is 0.00000289. The number of nitrogens with zero attached hydrogens (tertiary/aromatic N) is 3. The molecule has 1 heterocycles. The summed E-state index contributed by atoms with van der Waals surface area (Å²) >= 11 is 1.59. The van der Waals surface area contributed by atoms with Gasteiger partial charge >= 0.3 is 0 Å². The first-order valence-electron chi connectivity index (χ1n) is 5.68. The van der Waals surface area contributed by atoms with Gasteiger partial charge in [-0.2, -0.15) is 0 Å². The molecule has 0 bridgehead atoms. The minimum atomic E-state index is -0.0716. The van der Waals surface area contributed by atoms with Crippen molar-refractivity contribution in [2.24, 2.45) is 10.7 Å². The Morgan fingerprint density at radius 2 is 2.00 bits per heavy atom. The van der Waals surface area contributed by atoms with Crippen LogP contribution in [0.4, 0.5) is 0 Å². The summed E-state index contributed by atoms with van der Waals surface area (Å²) in [5, 5.41) is 13.2. The van der Waals surface area contributed by atoms with E-state index in [1.807, 2.05) is 20.8 Å². The molecule has 0 spiro atoms. The molecule has 0 unspecified atom stereocenters. The second-order valence-electron chi connectivity index (χ2n) is 5.27. The first-order valence-corrected chi connectivity index (χ1v) is 6.50. The predicted molar refractivity (Wildman–Crippen MR) is 87.6 cm³/mol. The van der Waals surface area contributed by atoms with Crippen LogP contribution in [0, 0.1) is 0 Å². The highest BCUT2D eigenvalue weighted by Gasteiger charge is 2.10. The van der Waals surface area contributed by atoms with Gasteiger partial charge < -0.3 is 11.1 Å². The summed E-state index contributed by atoms with van der Waals surface area (Å²) in [6.07, 6.45) is 0. The molecule has 0 fully saturated rings. The number of nitrogens with one attached hydrogen (secondary N) is 1. The van der Waals surface area contributed by atoms with Crippen molar-refractivity contribution in [1.82, 2.24) is 15.5 Å². The maximum Gasteiger partial charge on any atom is 0.189 e. The SMILES string of the molecule is CC(C)c1nnc(CN=C(N)NC(C)(C)C)s1.I. The molecule has 0 amide bonds. The molecule has 1 rings (SSSR count). The molecule has 3 N–H and O–H groups in total. The number of guanidine groups is 1. The molecule has 104 valence electrons. The van der Waals surface area contributed by atoms with E-state index in [1.165, 1.54) is 0 Å². The molecule has 0 aromatic carbocycles. The molecule has 0 radical (unpaired) electrons. The third-order valence-electron chi connectivity index (χ3n) is 1.86. The van der Waals surface area contributed by atoms with Crippen LogP contribution in [0.1, 0.15) is 50.6 Å². The topological polar surface area (TPSA) is 76.2 Å². The van der Waals surface area contributed by atoms with Gasteiger partial charge in [0, 0.05) is 11.5 Å². The molecular formula is C11H22IN5S. The molecular weight excluding hydrogens is 361 g/mol. The van der Waals surface area contributed by atoms with Crippen LogP contribution in [0.15, 0.2) is 4.99 Å². The zero-order valence-corrected chi connectivity index (χ0v) is 14.7. The molecule has 18 heavy (non-hydrogen) atoms. The highest BCUT2D eigenvalue weighted by Crippen LogP contribution is 2.19. The fourth-order valence-corrected chi connectivity index (χ4v) is 1.91. The number of aromatic nitrogens is 2. The van der Waals surface area contributed by atoms with Crippen molar-refractivity contribution in [3.63, 3.8) is 0 Å². The van der Waals surface area contributed by atoms with Gasteiger partial charge in [0.05, 0.1) is 6.54 Å². The number of rotatable bonds is 3. The van der Waals surface area contributed by atoms with Crippen molar-refractivity contribution >= 4 is 41.3 Å². The minimum absolute atomic E-state index is 0. The highest BCUT2D eigenvalue weighted by atomic mass is 127. The van der Waals surface area contributed by atoms with Crippen molar-refractivity contribution < 1.29 is 0 Å². The first-order chi connectivity index (χ1) is 7.78. The van der Waals surface area contributed by atoms with Gasteiger partial charge in [0.25, 0.3) is 0 Å². The lowest BCUT2D eigenvalue weighted by molar-refractivity contribution is 0.508. The number of hydrogen-bond acceptors (Lipinski definition) is 4. The second kappa shape index (κ2) is 7.22. The van der Waals surface area contributed by atoms with E-state index in [1.54, 1.807) is 11.3 Å². The normalized spacial score (nSPS) is 12.4. The van der Waals surface area contributed by atoms with Crippen LogP contribution < -0.4 is 11.1 Å². The number of hydrogen-bond donors (Lipinski definition) is 2. The lowest BCUT2D eigenvalue weighted by Crippen LogP contribution is -2.44. The molecule has 0 atom stereocenters. The molecule has 0 saturated heterocycles. The number of aliphatic imine (C=N–C) groups is 1. The Labute approximate surface area is 130 Å². The van der Waals surface area contributed by atoms with Crippen molar-refractivity contribution in [3.8, 4) is 0 Å². The third kappa shape index (κ3) is 6.48. The second-order valence-corrected chi connectivity index (χ2v) is 6.36. The van der Waals surface area contributed by atoms with E-state index >= 15 is 0 Å². The fourth-order valence-electron chi connectivity index (χ4n) is 1.14. The number of halogens is 1. The Hall–Kier alpha value is -0.440. The molecule has 0 saturated carbocycles. The summed E-state index contributed by atoms with van der Waals surface area (Å²) in [6.45, 7) is 10.8. The molecule has 0 aliphatic heterocycles. The van der Waals surface area contributed by atoms with Crippen LogP contribution >= 0.6 is 35.3 Å². The minimum Gasteiger partial charge on any atom is -0.370 e. The van der Waals surface area contributed by atoms with Crippen molar-refractivity contribution in [1.29, 1.82) is 0 Å². The van der Waals surface area contributed by atoms with Crippen molar-refractivity contribution in [2.45, 2.75) is 52.6 Å². The van der Waals surface area contributed by atoms with E-state index < -0.39 is 0 Å². The standard InChI is InChI=1S/C11H21N5S.HI/c1-7(2)9-16-15-8(17-9)6-13-10(12)14-11(3,4)5;/h7H,6H2,1-5H3,(H3,12,13,14);1H. The van der Waals surface area contributed by atoms with Crippen LogP contribution in [0.5, 0.6) is 0 Å². The van der Waals surface area contributed by atoms with Crippen LogP contribution in [0.3, 0.4) is 0 Å². The Morgan fingerprint density at radius 1 is 1.39 bits per heavy atom. The fraction of sp³-hybridized carbons (Fsp3) is 0.727. The lowest BCUT2D eigenvalue weighted by Gasteiger charge is -2.20. The summed E-state index contributed by atoms with van der Waals surface area (Å²) in [4.78, 5) is 4.24. The van der Waals surface area contributed by atoms with E-state index in [0.29, 0.717) is 18.4 Å². The van der Waals surface area contributed by atoms with Crippen LogP contribution in [-0.2, 0) is 6.54 Å². The van der Waals surface area contributed by atoms with E-state index in [0.717, 1.165) is 10.0 Å². The van der Waals surface area contributed by atoms with Gasteiger partial charge in [-0.15, -0.1) is 34.2 Å². The number of nitrogens with two attached hydrogens (primary N) is 1. The van der Waals surface area contributed by atoms with Crippen LogP contribution in [0.25, 0.3) is 0 Å². The zero-order valence-electron chi connectivity index (χ0n) is 11.5. The highest BCUT2D eigenvalue weighted by molar-refractivity contribution is 14.0. The van der Waals surface area contributed by atoms with Gasteiger partial charge in [0.15, 0.2) is 5.96 Å². The monoisotopic (exact) mass is 383 g/mol. The van der Waals surface area contributed by atoms with E-state index in [9.17, 15) is 0 Å². The van der Waals surface area contributed by atoms with E-state index in [-0.39, 0.29) is 29.5 Å². The molecule has 5 nitrogen and oxygen atoms in total. The average molecular weight is 383 g/mol. The van der Waals surface area contributed by atoms with Gasteiger partial charge in [-0.1, -0.05) is 25.2 Å². The van der Waals surface area contributed by atoms with E-state index in [2.05, 4.69) is 34.4 Å². The largest absolute Gasteiger partial charge is 0.370 e. The van der Waals surface area contributed by atoms with Crippen molar-refractivity contribution in [2.75, 3.05) is 0 Å². The Bertz CT molecular complexity index is 394.